The molecule has 2 aromatic rings. The molecule has 26 heavy (non-hydrogen) atoms. The molecular formula is C18H21N3O3S2. The van der Waals surface area contributed by atoms with Gasteiger partial charge in [0.15, 0.2) is 5.16 Å². The number of aryl methyl sites for hydroxylation is 3. The van der Waals surface area contributed by atoms with Gasteiger partial charge < -0.3 is 10.1 Å². The molecule has 2 heterocycles. The van der Waals surface area contributed by atoms with Crippen molar-refractivity contribution in [3.8, 4) is 0 Å². The minimum atomic E-state index is -0.354. The van der Waals surface area contributed by atoms with E-state index in [2.05, 4.69) is 15.3 Å². The highest BCUT2D eigenvalue weighted by molar-refractivity contribution is 7.99. The summed E-state index contributed by atoms with van der Waals surface area (Å²) < 4.78 is 5.18. The molecule has 0 fully saturated rings. The van der Waals surface area contributed by atoms with Crippen LogP contribution in [0, 0.1) is 13.8 Å². The fourth-order valence-electron chi connectivity index (χ4n) is 2.96. The van der Waals surface area contributed by atoms with Gasteiger partial charge in [0.2, 0.25) is 5.91 Å². The highest BCUT2D eigenvalue weighted by atomic mass is 32.2. The van der Waals surface area contributed by atoms with Crippen molar-refractivity contribution < 1.29 is 14.3 Å². The lowest BCUT2D eigenvalue weighted by Crippen LogP contribution is -2.17. The maximum Gasteiger partial charge on any atom is 0.341 e. The topological polar surface area (TPSA) is 81.2 Å². The zero-order chi connectivity index (χ0) is 18.7. The normalized spacial score (nSPS) is 12.7. The summed E-state index contributed by atoms with van der Waals surface area (Å²) in [5.41, 5.74) is 3.32. The molecule has 1 N–H and O–H groups in total. The Hall–Kier alpha value is -1.93. The number of nitrogens with zero attached hydrogens (tertiary/aromatic N) is 2. The van der Waals surface area contributed by atoms with E-state index < -0.39 is 0 Å². The monoisotopic (exact) mass is 391 g/mol. The minimum absolute atomic E-state index is 0.178. The van der Waals surface area contributed by atoms with Crippen LogP contribution < -0.4 is 5.32 Å². The van der Waals surface area contributed by atoms with Gasteiger partial charge in [-0.2, -0.15) is 0 Å². The number of hydrogen-bond donors (Lipinski definition) is 1. The van der Waals surface area contributed by atoms with E-state index in [-0.39, 0.29) is 17.6 Å². The summed E-state index contributed by atoms with van der Waals surface area (Å²) >= 11 is 2.77. The molecule has 0 atom stereocenters. The zero-order valence-corrected chi connectivity index (χ0v) is 16.7. The molecule has 8 heteroatoms. The molecule has 0 radical (unpaired) electrons. The first-order valence-electron chi connectivity index (χ1n) is 8.54. The molecular weight excluding hydrogens is 370 g/mol. The van der Waals surface area contributed by atoms with Gasteiger partial charge in [-0.25, -0.2) is 14.8 Å². The number of ether oxygens (including phenoxy) is 1. The second-order valence-electron chi connectivity index (χ2n) is 6.05. The molecule has 1 aliphatic carbocycles. The first-order chi connectivity index (χ1) is 12.5. The molecule has 1 amide bonds. The number of carbonyl (C=O) groups excluding carboxylic acids is 2. The standard InChI is InChI=1S/C18H21N3O3S2/c1-4-24-17(23)15-12-6-5-7-13(12)26-16(15)21-14(22)9-25-18-19-10(2)8-11(3)20-18/h8H,4-7,9H2,1-3H3,(H,21,22). The third kappa shape index (κ3) is 4.24. The number of hydrogen-bond acceptors (Lipinski definition) is 7. The Bertz CT molecular complexity index is 828. The Labute approximate surface area is 160 Å². The quantitative estimate of drug-likeness (QED) is 0.461. The number of carbonyl (C=O) groups is 2. The van der Waals surface area contributed by atoms with Crippen LogP contribution in [0.4, 0.5) is 5.00 Å². The van der Waals surface area contributed by atoms with Crippen molar-refractivity contribution in [3.05, 3.63) is 33.5 Å². The van der Waals surface area contributed by atoms with Gasteiger partial charge in [0.05, 0.1) is 17.9 Å². The lowest BCUT2D eigenvalue weighted by atomic mass is 10.1. The maximum absolute atomic E-state index is 12.4. The van der Waals surface area contributed by atoms with E-state index in [0.29, 0.717) is 22.3 Å². The highest BCUT2D eigenvalue weighted by Crippen LogP contribution is 2.39. The van der Waals surface area contributed by atoms with Gasteiger partial charge in [-0.15, -0.1) is 11.3 Å². The molecule has 2 aromatic heterocycles. The summed E-state index contributed by atoms with van der Waals surface area (Å²) in [6, 6.07) is 1.89. The summed E-state index contributed by atoms with van der Waals surface area (Å²) in [5.74, 6) is -0.344. The summed E-state index contributed by atoms with van der Waals surface area (Å²) in [6.07, 6.45) is 2.86. The second kappa shape index (κ2) is 8.18. The molecule has 3 rings (SSSR count). The number of esters is 1. The third-order valence-corrected chi connectivity index (χ3v) is 6.00. The Balaban J connectivity index is 1.70. The number of rotatable bonds is 6. The van der Waals surface area contributed by atoms with Gasteiger partial charge in [0.25, 0.3) is 0 Å². The molecule has 0 aliphatic heterocycles. The average Bonchev–Trinajstić information content (AvgIpc) is 3.12. The molecule has 0 spiro atoms. The van der Waals surface area contributed by atoms with Crippen LogP contribution >= 0.6 is 23.1 Å². The highest BCUT2D eigenvalue weighted by Gasteiger charge is 2.28. The fraction of sp³-hybridized carbons (Fsp3) is 0.444. The second-order valence-corrected chi connectivity index (χ2v) is 8.10. The maximum atomic E-state index is 12.4. The number of nitrogens with one attached hydrogen (secondary N) is 1. The Kier molecular flexibility index (Phi) is 5.93. The van der Waals surface area contributed by atoms with Crippen LogP contribution in [0.25, 0.3) is 0 Å². The number of aromatic nitrogens is 2. The molecule has 1 aliphatic rings. The van der Waals surface area contributed by atoms with Gasteiger partial charge in [-0.1, -0.05) is 11.8 Å². The molecule has 138 valence electrons. The van der Waals surface area contributed by atoms with E-state index in [0.717, 1.165) is 36.2 Å². The summed E-state index contributed by atoms with van der Waals surface area (Å²) in [4.78, 5) is 34.5. The minimum Gasteiger partial charge on any atom is -0.462 e. The number of thiophene rings is 1. The first kappa shape index (κ1) is 18.8. The van der Waals surface area contributed by atoms with E-state index in [1.165, 1.54) is 28.0 Å². The average molecular weight is 392 g/mol. The Morgan fingerprint density at radius 3 is 2.69 bits per heavy atom. The van der Waals surface area contributed by atoms with Crippen LogP contribution in [0.2, 0.25) is 0 Å². The van der Waals surface area contributed by atoms with E-state index in [4.69, 9.17) is 4.74 Å². The SMILES string of the molecule is CCOC(=O)c1c(NC(=O)CSc2nc(C)cc(C)n2)sc2c1CCC2. The Morgan fingerprint density at radius 1 is 1.27 bits per heavy atom. The van der Waals surface area contributed by atoms with Crippen LogP contribution in [0.15, 0.2) is 11.2 Å². The van der Waals surface area contributed by atoms with E-state index >= 15 is 0 Å². The largest absolute Gasteiger partial charge is 0.462 e. The van der Waals surface area contributed by atoms with Gasteiger partial charge in [-0.3, -0.25) is 4.79 Å². The van der Waals surface area contributed by atoms with Crippen LogP contribution in [0.3, 0.4) is 0 Å². The summed E-state index contributed by atoms with van der Waals surface area (Å²) in [5, 5.41) is 4.06. The number of fused-ring (bicyclic) bond motifs is 1. The number of anilines is 1. The molecule has 0 aromatic carbocycles. The van der Waals surface area contributed by atoms with Gasteiger partial charge in [0, 0.05) is 16.3 Å². The molecule has 0 saturated carbocycles. The summed E-state index contributed by atoms with van der Waals surface area (Å²) in [6.45, 7) is 5.90. The molecule has 6 nitrogen and oxygen atoms in total. The van der Waals surface area contributed by atoms with E-state index in [1.54, 1.807) is 6.92 Å². The fourth-order valence-corrected chi connectivity index (χ4v) is 5.01. The first-order valence-corrected chi connectivity index (χ1v) is 10.3. The molecule has 0 unspecified atom stereocenters. The van der Waals surface area contributed by atoms with Crippen molar-refractivity contribution in [2.24, 2.45) is 0 Å². The van der Waals surface area contributed by atoms with Crippen molar-refractivity contribution in [2.45, 2.75) is 45.2 Å². The van der Waals surface area contributed by atoms with Gasteiger partial charge in [-0.05, 0) is 51.7 Å². The van der Waals surface area contributed by atoms with E-state index in [9.17, 15) is 9.59 Å². The number of amides is 1. The van der Waals surface area contributed by atoms with Crippen LogP contribution in [0.5, 0.6) is 0 Å². The molecule has 0 saturated heterocycles. The van der Waals surface area contributed by atoms with Crippen LogP contribution in [-0.4, -0.2) is 34.2 Å². The van der Waals surface area contributed by atoms with Gasteiger partial charge in [0.1, 0.15) is 5.00 Å². The predicted octanol–water partition coefficient (Wildman–Crippen LogP) is 3.55. The lowest BCUT2D eigenvalue weighted by Gasteiger charge is -2.08. The van der Waals surface area contributed by atoms with Crippen LogP contribution in [0.1, 0.15) is 45.5 Å². The van der Waals surface area contributed by atoms with Crippen molar-refractivity contribution in [1.82, 2.24) is 9.97 Å². The van der Waals surface area contributed by atoms with E-state index in [1.807, 2.05) is 19.9 Å². The predicted molar refractivity (Wildman–Crippen MR) is 103 cm³/mol. The Morgan fingerprint density at radius 2 is 2.00 bits per heavy atom. The third-order valence-electron chi connectivity index (χ3n) is 3.95. The lowest BCUT2D eigenvalue weighted by molar-refractivity contribution is -0.113. The smallest absolute Gasteiger partial charge is 0.341 e. The molecule has 0 bridgehead atoms. The van der Waals surface area contributed by atoms with Gasteiger partial charge >= 0.3 is 5.97 Å². The van der Waals surface area contributed by atoms with Crippen molar-refractivity contribution in [3.63, 3.8) is 0 Å². The summed E-state index contributed by atoms with van der Waals surface area (Å²) in [7, 11) is 0. The number of thioether (sulfide) groups is 1. The van der Waals surface area contributed by atoms with Crippen LogP contribution in [-0.2, 0) is 22.4 Å². The van der Waals surface area contributed by atoms with Crippen molar-refractivity contribution >= 4 is 40.0 Å². The van der Waals surface area contributed by atoms with Crippen molar-refractivity contribution in [2.75, 3.05) is 17.7 Å². The zero-order valence-electron chi connectivity index (χ0n) is 15.0. The van der Waals surface area contributed by atoms with Crippen molar-refractivity contribution in [1.29, 1.82) is 0 Å².